The third kappa shape index (κ3) is 3.19. The summed E-state index contributed by atoms with van der Waals surface area (Å²) in [7, 11) is -0.0766. The van der Waals surface area contributed by atoms with Crippen LogP contribution in [-0.2, 0) is 9.31 Å². The first-order chi connectivity index (χ1) is 10.7. The molecule has 2 nitrogen and oxygen atoms in total. The summed E-state index contributed by atoms with van der Waals surface area (Å²) in [5.74, 6) is 1.41. The molecule has 1 aliphatic heterocycles. The molecule has 1 saturated carbocycles. The second-order valence-corrected chi connectivity index (χ2v) is 8.88. The quantitative estimate of drug-likeness (QED) is 0.633. The van der Waals surface area contributed by atoms with Crippen molar-refractivity contribution in [1.29, 1.82) is 0 Å². The van der Waals surface area contributed by atoms with Gasteiger partial charge in [0.05, 0.1) is 11.2 Å². The van der Waals surface area contributed by atoms with Crippen molar-refractivity contribution in [2.45, 2.75) is 90.7 Å². The van der Waals surface area contributed by atoms with Crippen molar-refractivity contribution in [3.8, 4) is 0 Å². The Morgan fingerprint density at radius 3 is 2.17 bits per heavy atom. The zero-order valence-corrected chi connectivity index (χ0v) is 15.7. The minimum atomic E-state index is -0.222. The van der Waals surface area contributed by atoms with Crippen LogP contribution in [0.5, 0.6) is 0 Å². The molecule has 1 saturated heterocycles. The molecule has 0 bridgehead atoms. The van der Waals surface area contributed by atoms with Crippen molar-refractivity contribution in [3.05, 3.63) is 23.3 Å². The highest BCUT2D eigenvalue weighted by Gasteiger charge is 2.52. The molecule has 2 aliphatic carbocycles. The van der Waals surface area contributed by atoms with Gasteiger partial charge in [-0.2, -0.15) is 0 Å². The summed E-state index contributed by atoms with van der Waals surface area (Å²) in [6.07, 6.45) is 9.20. The molecule has 0 amide bonds. The minimum Gasteiger partial charge on any atom is -0.403 e. The summed E-state index contributed by atoms with van der Waals surface area (Å²) >= 11 is 0. The van der Waals surface area contributed by atoms with E-state index in [1.807, 2.05) is 0 Å². The summed E-state index contributed by atoms with van der Waals surface area (Å²) in [6, 6.07) is 0. The first-order valence-corrected chi connectivity index (χ1v) is 9.46. The molecule has 1 heterocycles. The van der Waals surface area contributed by atoms with Crippen molar-refractivity contribution >= 4 is 7.12 Å². The Hall–Kier alpha value is -0.535. The SMILES string of the molecule is C=C(C)C1=C(C2CCCCC2)CC1CB1OC(C)(C)C(C)(C)O1. The van der Waals surface area contributed by atoms with Gasteiger partial charge in [-0.05, 0) is 77.6 Å². The van der Waals surface area contributed by atoms with E-state index in [-0.39, 0.29) is 18.3 Å². The standard InChI is InChI=1S/C20H33BO2/c1-14(2)18-16(12-17(18)15-10-8-7-9-11-15)13-21-22-19(3,4)20(5,6)23-21/h15-16H,1,7-13H2,2-6H3. The second-order valence-electron chi connectivity index (χ2n) is 8.88. The lowest BCUT2D eigenvalue weighted by atomic mass is 9.60. The zero-order valence-electron chi connectivity index (χ0n) is 15.7. The third-order valence-corrected chi connectivity index (χ3v) is 6.56. The van der Waals surface area contributed by atoms with E-state index in [1.165, 1.54) is 44.1 Å². The lowest BCUT2D eigenvalue weighted by molar-refractivity contribution is 0.00578. The van der Waals surface area contributed by atoms with Gasteiger partial charge in [-0.15, -0.1) is 0 Å². The third-order valence-electron chi connectivity index (χ3n) is 6.56. The molecular formula is C20H33BO2. The molecule has 3 heteroatoms. The summed E-state index contributed by atoms with van der Waals surface area (Å²) in [5.41, 5.74) is 4.07. The lowest BCUT2D eigenvalue weighted by Crippen LogP contribution is -2.41. The Morgan fingerprint density at radius 1 is 1.09 bits per heavy atom. The fraction of sp³-hybridized carbons (Fsp3) is 0.800. The highest BCUT2D eigenvalue weighted by atomic mass is 16.7. The highest BCUT2D eigenvalue weighted by Crippen LogP contribution is 2.50. The van der Waals surface area contributed by atoms with Gasteiger partial charge >= 0.3 is 7.12 Å². The maximum absolute atomic E-state index is 6.20. The molecule has 3 aliphatic rings. The number of allylic oxidation sites excluding steroid dienone is 3. The van der Waals surface area contributed by atoms with E-state index in [1.54, 1.807) is 11.1 Å². The first-order valence-electron chi connectivity index (χ1n) is 9.46. The van der Waals surface area contributed by atoms with Crippen LogP contribution in [0.4, 0.5) is 0 Å². The number of rotatable bonds is 4. The molecule has 3 rings (SSSR count). The monoisotopic (exact) mass is 316 g/mol. The molecule has 1 unspecified atom stereocenters. The molecule has 0 radical (unpaired) electrons. The van der Waals surface area contributed by atoms with Crippen molar-refractivity contribution < 1.29 is 9.31 Å². The van der Waals surface area contributed by atoms with Crippen LogP contribution in [0, 0.1) is 11.8 Å². The van der Waals surface area contributed by atoms with Crippen LogP contribution in [0.3, 0.4) is 0 Å². The van der Waals surface area contributed by atoms with Crippen LogP contribution in [0.1, 0.15) is 73.1 Å². The largest absolute Gasteiger partial charge is 0.458 e. The number of hydrogen-bond donors (Lipinski definition) is 0. The van der Waals surface area contributed by atoms with Gasteiger partial charge in [-0.1, -0.05) is 37.0 Å². The van der Waals surface area contributed by atoms with Crippen LogP contribution in [0.15, 0.2) is 23.3 Å². The topological polar surface area (TPSA) is 18.5 Å². The molecule has 0 aromatic heterocycles. The fourth-order valence-corrected chi connectivity index (χ4v) is 4.56. The molecule has 1 atom stereocenters. The Labute approximate surface area is 142 Å². The fourth-order valence-electron chi connectivity index (χ4n) is 4.56. The normalized spacial score (nSPS) is 30.5. The lowest BCUT2D eigenvalue weighted by Gasteiger charge is -2.40. The van der Waals surface area contributed by atoms with Crippen LogP contribution < -0.4 is 0 Å². The van der Waals surface area contributed by atoms with E-state index in [4.69, 9.17) is 9.31 Å². The van der Waals surface area contributed by atoms with E-state index in [2.05, 4.69) is 41.2 Å². The van der Waals surface area contributed by atoms with Gasteiger partial charge in [-0.25, -0.2) is 0 Å². The van der Waals surface area contributed by atoms with Gasteiger partial charge in [0.1, 0.15) is 0 Å². The average Bonchev–Trinajstić information content (AvgIpc) is 2.62. The van der Waals surface area contributed by atoms with Crippen molar-refractivity contribution in [2.24, 2.45) is 11.8 Å². The van der Waals surface area contributed by atoms with Crippen molar-refractivity contribution in [3.63, 3.8) is 0 Å². The Kier molecular flexibility index (Phi) is 4.57. The van der Waals surface area contributed by atoms with Crippen LogP contribution in [-0.4, -0.2) is 18.3 Å². The molecular weight excluding hydrogens is 283 g/mol. The molecule has 2 fully saturated rings. The van der Waals surface area contributed by atoms with E-state index in [9.17, 15) is 0 Å². The van der Waals surface area contributed by atoms with Gasteiger partial charge in [-0.3, -0.25) is 0 Å². The average molecular weight is 316 g/mol. The molecule has 0 N–H and O–H groups in total. The van der Waals surface area contributed by atoms with Crippen LogP contribution in [0.25, 0.3) is 0 Å². The molecule has 23 heavy (non-hydrogen) atoms. The first kappa shape index (κ1) is 17.3. The zero-order chi connectivity index (χ0) is 16.8. The second kappa shape index (κ2) is 6.08. The molecule has 128 valence electrons. The van der Waals surface area contributed by atoms with Gasteiger partial charge in [0.15, 0.2) is 0 Å². The van der Waals surface area contributed by atoms with Crippen molar-refractivity contribution in [2.75, 3.05) is 0 Å². The maximum Gasteiger partial charge on any atom is 0.458 e. The van der Waals surface area contributed by atoms with E-state index in [0.717, 1.165) is 12.2 Å². The summed E-state index contributed by atoms with van der Waals surface area (Å²) in [4.78, 5) is 0. The van der Waals surface area contributed by atoms with Gasteiger partial charge in [0.2, 0.25) is 0 Å². The van der Waals surface area contributed by atoms with Crippen molar-refractivity contribution in [1.82, 2.24) is 0 Å². The Bertz CT molecular complexity index is 496. The minimum absolute atomic E-state index is 0.0766. The summed E-state index contributed by atoms with van der Waals surface area (Å²) < 4.78 is 12.4. The van der Waals surface area contributed by atoms with Gasteiger partial charge in [0.25, 0.3) is 0 Å². The summed E-state index contributed by atoms with van der Waals surface area (Å²) in [6.45, 7) is 15.0. The van der Waals surface area contributed by atoms with Crippen LogP contribution in [0.2, 0.25) is 6.32 Å². The highest BCUT2D eigenvalue weighted by molar-refractivity contribution is 6.45. The van der Waals surface area contributed by atoms with E-state index < -0.39 is 0 Å². The predicted octanol–water partition coefficient (Wildman–Crippen LogP) is 5.55. The Balaban J connectivity index is 1.68. The smallest absolute Gasteiger partial charge is 0.403 e. The number of hydrogen-bond acceptors (Lipinski definition) is 2. The van der Waals surface area contributed by atoms with Gasteiger partial charge < -0.3 is 9.31 Å². The predicted molar refractivity (Wildman–Crippen MR) is 97.4 cm³/mol. The van der Waals surface area contributed by atoms with E-state index >= 15 is 0 Å². The van der Waals surface area contributed by atoms with E-state index in [0.29, 0.717) is 5.92 Å². The summed E-state index contributed by atoms with van der Waals surface area (Å²) in [5, 5.41) is 0. The van der Waals surface area contributed by atoms with Crippen LogP contribution >= 0.6 is 0 Å². The molecule has 0 aromatic rings. The van der Waals surface area contributed by atoms with Gasteiger partial charge in [0, 0.05) is 0 Å². The maximum atomic E-state index is 6.20. The molecule has 0 aromatic carbocycles. The molecule has 0 spiro atoms. The Morgan fingerprint density at radius 2 is 1.65 bits per heavy atom.